The lowest BCUT2D eigenvalue weighted by atomic mass is 9.92. The minimum Gasteiger partial charge on any atom is -0.350 e. The molecule has 1 N–H and O–H groups in total. The summed E-state index contributed by atoms with van der Waals surface area (Å²) in [7, 11) is 0. The van der Waals surface area contributed by atoms with Gasteiger partial charge >= 0.3 is 0 Å². The van der Waals surface area contributed by atoms with Crippen molar-refractivity contribution in [1.82, 2.24) is 10.2 Å². The van der Waals surface area contributed by atoms with Gasteiger partial charge in [-0.1, -0.05) is 78.9 Å². The van der Waals surface area contributed by atoms with Gasteiger partial charge in [0.05, 0.1) is 6.04 Å². The maximum Gasteiger partial charge on any atom is 0.255 e. The highest BCUT2D eigenvalue weighted by atomic mass is 16.2. The summed E-state index contributed by atoms with van der Waals surface area (Å²) in [6.45, 7) is 0.981. The van der Waals surface area contributed by atoms with Crippen LogP contribution in [-0.2, 0) is 17.8 Å². The maximum atomic E-state index is 13.8. The zero-order chi connectivity index (χ0) is 21.9. The zero-order valence-corrected chi connectivity index (χ0v) is 18.0. The van der Waals surface area contributed by atoms with Crippen molar-refractivity contribution in [2.75, 3.05) is 6.54 Å². The van der Waals surface area contributed by atoms with Crippen LogP contribution >= 0.6 is 0 Å². The number of benzene rings is 3. The summed E-state index contributed by atoms with van der Waals surface area (Å²) in [6.07, 6.45) is 8.27. The largest absolute Gasteiger partial charge is 0.350 e. The molecule has 1 atom stereocenters. The number of amides is 2. The summed E-state index contributed by atoms with van der Waals surface area (Å²) in [5.74, 6) is -0.0267. The zero-order valence-electron chi connectivity index (χ0n) is 18.0. The lowest BCUT2D eigenvalue weighted by Gasteiger charge is -2.37. The predicted octanol–water partition coefficient (Wildman–Crippen LogP) is 4.80. The second-order valence-corrected chi connectivity index (χ2v) is 8.46. The summed E-state index contributed by atoms with van der Waals surface area (Å²) < 4.78 is 0. The molecule has 2 aliphatic rings. The van der Waals surface area contributed by atoms with Crippen LogP contribution in [0, 0.1) is 0 Å². The molecule has 0 fully saturated rings. The summed E-state index contributed by atoms with van der Waals surface area (Å²) in [5.41, 5.74) is 3.92. The van der Waals surface area contributed by atoms with Crippen molar-refractivity contribution in [3.63, 3.8) is 0 Å². The second kappa shape index (κ2) is 8.83. The Hall–Kier alpha value is -3.66. The lowest BCUT2D eigenvalue weighted by Crippen LogP contribution is -2.50. The molecule has 4 nitrogen and oxygen atoms in total. The molecule has 0 bridgehead atoms. The minimum absolute atomic E-state index is 0.00960. The van der Waals surface area contributed by atoms with Crippen LogP contribution < -0.4 is 5.32 Å². The molecule has 1 aliphatic carbocycles. The van der Waals surface area contributed by atoms with Crippen molar-refractivity contribution < 1.29 is 9.59 Å². The fourth-order valence-electron chi connectivity index (χ4n) is 4.69. The molecule has 3 aromatic rings. The number of carbonyl (C=O) groups excluding carboxylic acids is 2. The Morgan fingerprint density at radius 1 is 0.938 bits per heavy atom. The normalized spacial score (nSPS) is 17.6. The van der Waals surface area contributed by atoms with Gasteiger partial charge in [-0.2, -0.15) is 0 Å². The highest BCUT2D eigenvalue weighted by Gasteiger charge is 2.31. The van der Waals surface area contributed by atoms with Gasteiger partial charge in [0.15, 0.2) is 0 Å². The Kier molecular flexibility index (Phi) is 5.59. The molecule has 0 aromatic heterocycles. The van der Waals surface area contributed by atoms with Crippen LogP contribution in [0.1, 0.15) is 34.3 Å². The van der Waals surface area contributed by atoms with E-state index in [0.717, 1.165) is 35.6 Å². The van der Waals surface area contributed by atoms with Crippen molar-refractivity contribution >= 4 is 22.6 Å². The van der Waals surface area contributed by atoms with E-state index in [1.807, 2.05) is 71.6 Å². The van der Waals surface area contributed by atoms with Crippen LogP contribution in [0.25, 0.3) is 10.8 Å². The first-order chi connectivity index (χ1) is 15.7. The molecule has 1 unspecified atom stereocenters. The average molecular weight is 423 g/mol. The third-order valence-electron chi connectivity index (χ3n) is 6.44. The van der Waals surface area contributed by atoms with Gasteiger partial charge in [-0.05, 0) is 47.2 Å². The molecule has 3 aromatic carbocycles. The quantitative estimate of drug-likeness (QED) is 0.657. The van der Waals surface area contributed by atoms with Crippen molar-refractivity contribution in [2.24, 2.45) is 0 Å². The fraction of sp³-hybridized carbons (Fsp3) is 0.214. The monoisotopic (exact) mass is 422 g/mol. The van der Waals surface area contributed by atoms with Crippen molar-refractivity contribution in [3.8, 4) is 0 Å². The van der Waals surface area contributed by atoms with Crippen LogP contribution in [0.3, 0.4) is 0 Å². The fourth-order valence-corrected chi connectivity index (χ4v) is 4.69. The topological polar surface area (TPSA) is 49.4 Å². The number of hydrogen-bond donors (Lipinski definition) is 1. The van der Waals surface area contributed by atoms with Gasteiger partial charge in [0.1, 0.15) is 0 Å². The molecule has 2 amide bonds. The number of nitrogens with one attached hydrogen (secondary N) is 1. The molecule has 0 spiro atoms. The van der Waals surface area contributed by atoms with Gasteiger partial charge in [0.25, 0.3) is 5.91 Å². The van der Waals surface area contributed by atoms with E-state index < -0.39 is 0 Å². The number of carbonyl (C=O) groups is 2. The van der Waals surface area contributed by atoms with Gasteiger partial charge in [-0.3, -0.25) is 9.59 Å². The molecule has 0 saturated carbocycles. The Morgan fingerprint density at radius 3 is 2.56 bits per heavy atom. The number of nitrogens with zero attached hydrogens (tertiary/aromatic N) is 1. The van der Waals surface area contributed by atoms with Crippen molar-refractivity contribution in [2.45, 2.75) is 31.8 Å². The summed E-state index contributed by atoms with van der Waals surface area (Å²) in [5, 5.41) is 5.10. The molecule has 0 radical (unpaired) electrons. The summed E-state index contributed by atoms with van der Waals surface area (Å²) in [6, 6.07) is 22.0. The third-order valence-corrected chi connectivity index (χ3v) is 6.44. The van der Waals surface area contributed by atoms with E-state index in [1.54, 1.807) is 0 Å². The highest BCUT2D eigenvalue weighted by molar-refractivity contribution is 6.07. The van der Waals surface area contributed by atoms with Crippen LogP contribution in [0.15, 0.2) is 90.5 Å². The van der Waals surface area contributed by atoms with Crippen molar-refractivity contribution in [1.29, 1.82) is 0 Å². The SMILES string of the molecule is O=C(NCC1Cc2ccccc2CN1C(=O)c1cccc2ccccc12)C1=CC=CCC1. The highest BCUT2D eigenvalue weighted by Crippen LogP contribution is 2.27. The standard InChI is InChI=1S/C28H26N2O2/c31-27(21-10-2-1-3-11-21)29-18-24-17-22-12-4-5-13-23(22)19-30(24)28(32)26-16-8-14-20-9-6-7-15-25(20)26/h1-2,4-10,12-16,24H,3,11,17-19H2,(H,29,31). The van der Waals surface area contributed by atoms with Crippen LogP contribution in [0.4, 0.5) is 0 Å². The van der Waals surface area contributed by atoms with Crippen molar-refractivity contribution in [3.05, 3.63) is 107 Å². The molecule has 4 heteroatoms. The summed E-state index contributed by atoms with van der Waals surface area (Å²) in [4.78, 5) is 28.4. The molecular formula is C28H26N2O2. The van der Waals surface area contributed by atoms with Gasteiger partial charge in [0.2, 0.25) is 5.91 Å². The van der Waals surface area contributed by atoms with E-state index in [-0.39, 0.29) is 17.9 Å². The third kappa shape index (κ3) is 3.96. The number of hydrogen-bond acceptors (Lipinski definition) is 2. The van der Waals surface area contributed by atoms with E-state index in [4.69, 9.17) is 0 Å². The molecule has 32 heavy (non-hydrogen) atoms. The van der Waals surface area contributed by atoms with Crippen LogP contribution in [0.5, 0.6) is 0 Å². The Balaban J connectivity index is 1.43. The van der Waals surface area contributed by atoms with E-state index >= 15 is 0 Å². The second-order valence-electron chi connectivity index (χ2n) is 8.46. The average Bonchev–Trinajstić information content (AvgIpc) is 2.86. The lowest BCUT2D eigenvalue weighted by molar-refractivity contribution is -0.117. The van der Waals surface area contributed by atoms with Crippen LogP contribution in [-0.4, -0.2) is 29.3 Å². The van der Waals surface area contributed by atoms with E-state index in [1.165, 1.54) is 11.1 Å². The molecule has 1 aliphatic heterocycles. The Bertz CT molecular complexity index is 1240. The smallest absolute Gasteiger partial charge is 0.255 e. The van der Waals surface area contributed by atoms with Gasteiger partial charge < -0.3 is 10.2 Å². The first-order valence-corrected chi connectivity index (χ1v) is 11.2. The van der Waals surface area contributed by atoms with E-state index in [0.29, 0.717) is 18.7 Å². The van der Waals surface area contributed by atoms with E-state index in [2.05, 4.69) is 23.5 Å². The van der Waals surface area contributed by atoms with E-state index in [9.17, 15) is 9.59 Å². The molecule has 160 valence electrons. The Labute approximate surface area is 188 Å². The molecular weight excluding hydrogens is 396 g/mol. The number of fused-ring (bicyclic) bond motifs is 2. The first-order valence-electron chi connectivity index (χ1n) is 11.2. The van der Waals surface area contributed by atoms with Gasteiger partial charge in [-0.25, -0.2) is 0 Å². The minimum atomic E-state index is -0.0972. The van der Waals surface area contributed by atoms with Gasteiger partial charge in [-0.15, -0.1) is 0 Å². The first kappa shape index (κ1) is 20.3. The molecule has 0 saturated heterocycles. The van der Waals surface area contributed by atoms with Gasteiger partial charge in [0, 0.05) is 24.2 Å². The maximum absolute atomic E-state index is 13.8. The molecule has 5 rings (SSSR count). The predicted molar refractivity (Wildman–Crippen MR) is 127 cm³/mol. The molecule has 1 heterocycles. The Morgan fingerprint density at radius 2 is 1.72 bits per heavy atom. The number of rotatable bonds is 4. The van der Waals surface area contributed by atoms with Crippen LogP contribution in [0.2, 0.25) is 0 Å². The summed E-state index contributed by atoms with van der Waals surface area (Å²) >= 11 is 0. The number of allylic oxidation sites excluding steroid dienone is 3.